The van der Waals surface area contributed by atoms with Gasteiger partial charge in [-0.2, -0.15) is 12.6 Å². The largest absolute Gasteiger partial charge is 0.480 e. The van der Waals surface area contributed by atoms with E-state index in [1.54, 1.807) is 24.3 Å². The molecule has 3 amide bonds. The summed E-state index contributed by atoms with van der Waals surface area (Å²) in [7, 11) is 0. The Morgan fingerprint density at radius 3 is 2.44 bits per heavy atom. The van der Waals surface area contributed by atoms with Gasteiger partial charge in [-0.3, -0.25) is 19.4 Å². The number of thiol groups is 1. The van der Waals surface area contributed by atoms with Gasteiger partial charge in [0.1, 0.15) is 18.1 Å². The van der Waals surface area contributed by atoms with E-state index in [0.29, 0.717) is 25.8 Å². The fourth-order valence-electron chi connectivity index (χ4n) is 3.95. The van der Waals surface area contributed by atoms with Crippen molar-refractivity contribution in [2.45, 2.75) is 56.3 Å². The van der Waals surface area contributed by atoms with E-state index in [9.17, 15) is 24.3 Å². The van der Waals surface area contributed by atoms with Crippen LogP contribution in [-0.4, -0.2) is 82.7 Å². The zero-order valence-corrected chi connectivity index (χ0v) is 20.9. The molecule has 1 aliphatic rings. The zero-order valence-electron chi connectivity index (χ0n) is 20.0. The maximum absolute atomic E-state index is 13.2. The summed E-state index contributed by atoms with van der Waals surface area (Å²) < 4.78 is 0. The number of nitrogens with zero attached hydrogens (tertiary/aromatic N) is 2. The van der Waals surface area contributed by atoms with E-state index in [0.717, 1.165) is 5.56 Å². The van der Waals surface area contributed by atoms with Crippen LogP contribution in [0.3, 0.4) is 0 Å². The number of hydrogen-bond donors (Lipinski definition) is 7. The smallest absolute Gasteiger partial charge is 0.326 e. The van der Waals surface area contributed by atoms with Gasteiger partial charge in [-0.15, -0.1) is 0 Å². The van der Waals surface area contributed by atoms with Gasteiger partial charge in [0.2, 0.25) is 17.7 Å². The number of hydrogen-bond acceptors (Lipinski definition) is 7. The zero-order chi connectivity index (χ0) is 26.7. The van der Waals surface area contributed by atoms with Crippen LogP contribution in [0.2, 0.25) is 0 Å². The summed E-state index contributed by atoms with van der Waals surface area (Å²) in [6, 6.07) is 5.15. The normalized spacial score (nSPS) is 17.5. The van der Waals surface area contributed by atoms with Gasteiger partial charge in [0, 0.05) is 25.3 Å². The number of carboxylic acid groups (broad SMARTS) is 1. The molecule has 9 N–H and O–H groups in total. The molecule has 1 aromatic carbocycles. The van der Waals surface area contributed by atoms with Crippen LogP contribution >= 0.6 is 12.6 Å². The van der Waals surface area contributed by atoms with E-state index in [-0.39, 0.29) is 37.0 Å². The highest BCUT2D eigenvalue weighted by Crippen LogP contribution is 2.19. The minimum absolute atomic E-state index is 0.0936. The Morgan fingerprint density at radius 1 is 1.14 bits per heavy atom. The maximum atomic E-state index is 13.2. The lowest BCUT2D eigenvalue weighted by molar-refractivity contribution is -0.143. The Morgan fingerprint density at radius 2 is 1.83 bits per heavy atom. The van der Waals surface area contributed by atoms with Gasteiger partial charge in [0.15, 0.2) is 5.96 Å². The third kappa shape index (κ3) is 8.72. The number of aliphatic carboxylic acids is 1. The summed E-state index contributed by atoms with van der Waals surface area (Å²) in [5.41, 5.74) is 17.2. The molecule has 4 atom stereocenters. The van der Waals surface area contributed by atoms with Crippen LogP contribution in [0.15, 0.2) is 35.3 Å². The SMILES string of the molecule is NC(N)=NCCCC(NC(=O)C(Cc1ccccc1)NC(=O)C1CCCN1C(=O)C(N)CS)C(=O)O. The standard InChI is InChI=1S/C23H35N7O5S/c24-15(13-36)21(33)30-11-5-9-18(30)20(32)29-17(12-14-6-2-1-3-7-14)19(31)28-16(22(34)35)8-4-10-27-23(25)26/h1-3,6-7,15-18,36H,4-5,8-13,24H2,(H,28,31)(H,29,32)(H,34,35)(H4,25,26,27). The number of nitrogens with one attached hydrogen (secondary N) is 2. The molecule has 0 saturated carbocycles. The lowest BCUT2D eigenvalue weighted by Gasteiger charge is -2.28. The fourth-order valence-corrected chi connectivity index (χ4v) is 4.11. The predicted octanol–water partition coefficient (Wildman–Crippen LogP) is -1.41. The van der Waals surface area contributed by atoms with Crippen LogP contribution in [0.5, 0.6) is 0 Å². The summed E-state index contributed by atoms with van der Waals surface area (Å²) in [5, 5.41) is 14.8. The molecular weight excluding hydrogens is 486 g/mol. The Bertz CT molecular complexity index is 942. The Balaban J connectivity index is 2.15. The van der Waals surface area contributed by atoms with Crippen molar-refractivity contribution in [1.29, 1.82) is 0 Å². The highest BCUT2D eigenvalue weighted by atomic mass is 32.1. The molecule has 0 bridgehead atoms. The number of aliphatic imine (C=N–C) groups is 1. The molecule has 0 spiro atoms. The maximum Gasteiger partial charge on any atom is 0.326 e. The molecule has 1 saturated heterocycles. The number of benzene rings is 1. The van der Waals surface area contributed by atoms with Gasteiger partial charge in [0.25, 0.3) is 0 Å². The second-order valence-corrected chi connectivity index (χ2v) is 8.94. The van der Waals surface area contributed by atoms with Crippen LogP contribution in [0.25, 0.3) is 0 Å². The first-order chi connectivity index (χ1) is 17.1. The third-order valence-corrected chi connectivity index (χ3v) is 6.22. The van der Waals surface area contributed by atoms with Crippen molar-refractivity contribution >= 4 is 42.3 Å². The van der Waals surface area contributed by atoms with E-state index < -0.39 is 42.0 Å². The summed E-state index contributed by atoms with van der Waals surface area (Å²) in [4.78, 5) is 55.9. The van der Waals surface area contributed by atoms with Crippen molar-refractivity contribution in [3.63, 3.8) is 0 Å². The summed E-state index contributed by atoms with van der Waals surface area (Å²) >= 11 is 4.06. The van der Waals surface area contributed by atoms with E-state index in [4.69, 9.17) is 17.2 Å². The van der Waals surface area contributed by atoms with Crippen LogP contribution < -0.4 is 27.8 Å². The second-order valence-electron chi connectivity index (χ2n) is 8.58. The van der Waals surface area contributed by atoms with Crippen molar-refractivity contribution in [3.8, 4) is 0 Å². The number of nitrogens with two attached hydrogens (primary N) is 3. The van der Waals surface area contributed by atoms with E-state index >= 15 is 0 Å². The molecule has 4 unspecified atom stereocenters. The molecule has 0 radical (unpaired) electrons. The quantitative estimate of drug-likeness (QED) is 0.0708. The van der Waals surface area contributed by atoms with Gasteiger partial charge in [0.05, 0.1) is 6.04 Å². The van der Waals surface area contributed by atoms with Crippen molar-refractivity contribution in [1.82, 2.24) is 15.5 Å². The van der Waals surface area contributed by atoms with Crippen molar-refractivity contribution < 1.29 is 24.3 Å². The molecule has 0 aliphatic carbocycles. The summed E-state index contributed by atoms with van der Waals surface area (Å²) in [6.45, 7) is 0.594. The van der Waals surface area contributed by atoms with Crippen LogP contribution in [0.4, 0.5) is 0 Å². The minimum Gasteiger partial charge on any atom is -0.480 e. The molecule has 1 aliphatic heterocycles. The van der Waals surface area contributed by atoms with Crippen molar-refractivity contribution in [2.75, 3.05) is 18.8 Å². The number of rotatable bonds is 13. The van der Waals surface area contributed by atoms with Crippen molar-refractivity contribution in [2.24, 2.45) is 22.2 Å². The van der Waals surface area contributed by atoms with E-state index in [1.807, 2.05) is 6.07 Å². The minimum atomic E-state index is -1.22. The molecule has 1 aromatic rings. The lowest BCUT2D eigenvalue weighted by atomic mass is 10.0. The van der Waals surface area contributed by atoms with Gasteiger partial charge in [-0.05, 0) is 31.2 Å². The summed E-state index contributed by atoms with van der Waals surface area (Å²) in [6.07, 6.45) is 1.61. The molecule has 198 valence electrons. The lowest BCUT2D eigenvalue weighted by Crippen LogP contribution is -2.57. The average molecular weight is 522 g/mol. The van der Waals surface area contributed by atoms with Crippen LogP contribution in [-0.2, 0) is 25.6 Å². The molecule has 36 heavy (non-hydrogen) atoms. The van der Waals surface area contributed by atoms with E-state index in [1.165, 1.54) is 4.90 Å². The van der Waals surface area contributed by atoms with Crippen LogP contribution in [0.1, 0.15) is 31.2 Å². The highest BCUT2D eigenvalue weighted by molar-refractivity contribution is 7.80. The molecule has 12 nitrogen and oxygen atoms in total. The monoisotopic (exact) mass is 521 g/mol. The number of carboxylic acids is 1. The fraction of sp³-hybridized carbons (Fsp3) is 0.522. The molecule has 0 aromatic heterocycles. The van der Waals surface area contributed by atoms with Gasteiger partial charge in [-0.25, -0.2) is 4.79 Å². The first kappa shape index (κ1) is 28.9. The van der Waals surface area contributed by atoms with Crippen LogP contribution in [0, 0.1) is 0 Å². The van der Waals surface area contributed by atoms with E-state index in [2.05, 4.69) is 28.3 Å². The third-order valence-electron chi connectivity index (χ3n) is 5.83. The van der Waals surface area contributed by atoms with Gasteiger partial charge in [-0.1, -0.05) is 30.3 Å². The molecular formula is C23H35N7O5S. The Kier molecular flexibility index (Phi) is 11.5. The second kappa shape index (κ2) is 14.3. The molecule has 2 rings (SSSR count). The first-order valence-electron chi connectivity index (χ1n) is 11.7. The first-order valence-corrected chi connectivity index (χ1v) is 12.4. The molecule has 1 heterocycles. The topological polar surface area (TPSA) is 206 Å². The Labute approximate surface area is 215 Å². The predicted molar refractivity (Wildman–Crippen MR) is 138 cm³/mol. The molecule has 1 fully saturated rings. The van der Waals surface area contributed by atoms with Crippen molar-refractivity contribution in [3.05, 3.63) is 35.9 Å². The van der Waals surface area contributed by atoms with Gasteiger partial charge < -0.3 is 37.8 Å². The number of carbonyl (C=O) groups excluding carboxylic acids is 3. The molecule has 13 heteroatoms. The van der Waals surface area contributed by atoms with Gasteiger partial charge >= 0.3 is 5.97 Å². The number of guanidine groups is 1. The number of amides is 3. The number of likely N-dealkylation sites (tertiary alicyclic amines) is 1. The summed E-state index contributed by atoms with van der Waals surface area (Å²) in [5.74, 6) is -2.70. The highest BCUT2D eigenvalue weighted by Gasteiger charge is 2.37. The number of carbonyl (C=O) groups is 4. The average Bonchev–Trinajstić information content (AvgIpc) is 3.34. The Hall–Kier alpha value is -3.32.